The second-order valence-electron chi connectivity index (χ2n) is 3.99. The van der Waals surface area contributed by atoms with E-state index in [2.05, 4.69) is 9.97 Å². The third kappa shape index (κ3) is 1.91. The molecule has 0 saturated carbocycles. The molecule has 0 atom stereocenters. The molecule has 2 heterocycles. The SMILES string of the molecule is Cc1nc(C(=O)c2ccc3cccnc3c2)cs1. The van der Waals surface area contributed by atoms with Crippen molar-refractivity contribution in [2.24, 2.45) is 0 Å². The molecule has 0 aliphatic carbocycles. The summed E-state index contributed by atoms with van der Waals surface area (Å²) in [5, 5.41) is 3.72. The van der Waals surface area contributed by atoms with Gasteiger partial charge in [0.2, 0.25) is 5.78 Å². The minimum atomic E-state index is -0.0492. The second-order valence-corrected chi connectivity index (χ2v) is 5.05. The Morgan fingerprint density at radius 3 is 2.94 bits per heavy atom. The van der Waals surface area contributed by atoms with Crippen LogP contribution in [0.3, 0.4) is 0 Å². The molecule has 0 radical (unpaired) electrons. The fraction of sp³-hybridized carbons (Fsp3) is 0.0714. The number of thiazole rings is 1. The summed E-state index contributed by atoms with van der Waals surface area (Å²) in [6.45, 7) is 1.89. The van der Waals surface area contributed by atoms with Crippen molar-refractivity contribution in [3.05, 3.63) is 58.2 Å². The van der Waals surface area contributed by atoms with Gasteiger partial charge in [-0.2, -0.15) is 0 Å². The van der Waals surface area contributed by atoms with Gasteiger partial charge >= 0.3 is 0 Å². The van der Waals surface area contributed by atoms with Crippen molar-refractivity contribution in [3.8, 4) is 0 Å². The van der Waals surface area contributed by atoms with E-state index in [-0.39, 0.29) is 5.78 Å². The van der Waals surface area contributed by atoms with Gasteiger partial charge < -0.3 is 0 Å². The molecule has 2 aromatic heterocycles. The number of aromatic nitrogens is 2. The topological polar surface area (TPSA) is 42.9 Å². The third-order valence-corrected chi connectivity index (χ3v) is 3.49. The van der Waals surface area contributed by atoms with Gasteiger partial charge in [0.15, 0.2) is 0 Å². The van der Waals surface area contributed by atoms with Crippen molar-refractivity contribution < 1.29 is 4.79 Å². The number of nitrogens with zero attached hydrogens (tertiary/aromatic N) is 2. The summed E-state index contributed by atoms with van der Waals surface area (Å²) >= 11 is 1.48. The van der Waals surface area contributed by atoms with Gasteiger partial charge in [-0.25, -0.2) is 4.98 Å². The maximum absolute atomic E-state index is 12.2. The third-order valence-electron chi connectivity index (χ3n) is 2.72. The number of carbonyl (C=O) groups is 1. The van der Waals surface area contributed by atoms with E-state index in [1.807, 2.05) is 37.3 Å². The van der Waals surface area contributed by atoms with Gasteiger partial charge in [0, 0.05) is 22.5 Å². The van der Waals surface area contributed by atoms with Gasteiger partial charge in [0.25, 0.3) is 0 Å². The molecule has 0 unspecified atom stereocenters. The summed E-state index contributed by atoms with van der Waals surface area (Å²) < 4.78 is 0. The number of carbonyl (C=O) groups excluding carboxylic acids is 1. The first-order valence-electron chi connectivity index (χ1n) is 5.56. The van der Waals surface area contributed by atoms with Crippen LogP contribution < -0.4 is 0 Å². The molecule has 88 valence electrons. The second kappa shape index (κ2) is 4.31. The average Bonchev–Trinajstić information content (AvgIpc) is 2.84. The predicted octanol–water partition coefficient (Wildman–Crippen LogP) is 3.23. The van der Waals surface area contributed by atoms with Crippen molar-refractivity contribution in [1.82, 2.24) is 9.97 Å². The van der Waals surface area contributed by atoms with Crippen LogP contribution >= 0.6 is 11.3 Å². The Hall–Kier alpha value is -2.07. The van der Waals surface area contributed by atoms with Crippen molar-refractivity contribution in [1.29, 1.82) is 0 Å². The fourth-order valence-corrected chi connectivity index (χ4v) is 2.42. The zero-order valence-electron chi connectivity index (χ0n) is 9.75. The molecule has 0 aliphatic rings. The van der Waals surface area contributed by atoms with Gasteiger partial charge in [0.1, 0.15) is 5.69 Å². The summed E-state index contributed by atoms with van der Waals surface area (Å²) in [4.78, 5) is 20.7. The number of pyridine rings is 1. The highest BCUT2D eigenvalue weighted by atomic mass is 32.1. The Morgan fingerprint density at radius 2 is 2.17 bits per heavy atom. The standard InChI is InChI=1S/C14H10N2OS/c1-9-16-13(8-18-9)14(17)11-5-4-10-3-2-6-15-12(10)7-11/h2-8H,1H3. The molecular weight excluding hydrogens is 244 g/mol. The molecule has 1 aromatic carbocycles. The molecule has 0 fully saturated rings. The highest BCUT2D eigenvalue weighted by molar-refractivity contribution is 7.09. The number of rotatable bonds is 2. The van der Waals surface area contributed by atoms with Gasteiger partial charge in [-0.1, -0.05) is 18.2 Å². The van der Waals surface area contributed by atoms with Crippen molar-refractivity contribution in [2.45, 2.75) is 6.92 Å². The summed E-state index contributed by atoms with van der Waals surface area (Å²) in [5.41, 5.74) is 1.97. The van der Waals surface area contributed by atoms with Crippen LogP contribution in [0.1, 0.15) is 21.1 Å². The minimum Gasteiger partial charge on any atom is -0.287 e. The Labute approximate surface area is 108 Å². The number of aryl methyl sites for hydroxylation is 1. The smallest absolute Gasteiger partial charge is 0.212 e. The summed E-state index contributed by atoms with van der Waals surface area (Å²) in [5.74, 6) is -0.0492. The van der Waals surface area contributed by atoms with Crippen LogP contribution in [0.2, 0.25) is 0 Å². The lowest BCUT2D eigenvalue weighted by atomic mass is 10.1. The maximum atomic E-state index is 12.2. The molecule has 0 saturated heterocycles. The fourth-order valence-electron chi connectivity index (χ4n) is 1.82. The molecule has 0 N–H and O–H groups in total. The number of benzene rings is 1. The largest absolute Gasteiger partial charge is 0.287 e. The van der Waals surface area contributed by atoms with E-state index in [1.54, 1.807) is 11.6 Å². The average molecular weight is 254 g/mol. The van der Waals surface area contributed by atoms with Crippen LogP contribution in [0.4, 0.5) is 0 Å². The Morgan fingerprint density at radius 1 is 1.28 bits per heavy atom. The maximum Gasteiger partial charge on any atom is 0.212 e. The first-order valence-corrected chi connectivity index (χ1v) is 6.43. The molecular formula is C14H10N2OS. The monoisotopic (exact) mass is 254 g/mol. The zero-order valence-corrected chi connectivity index (χ0v) is 10.6. The van der Waals surface area contributed by atoms with Crippen LogP contribution in [-0.2, 0) is 0 Å². The van der Waals surface area contributed by atoms with Gasteiger partial charge in [-0.15, -0.1) is 11.3 Å². The Bertz CT molecular complexity index is 733. The Balaban J connectivity index is 2.06. The van der Waals surface area contributed by atoms with E-state index < -0.39 is 0 Å². The number of ketones is 1. The minimum absolute atomic E-state index is 0.0492. The zero-order chi connectivity index (χ0) is 12.5. The molecule has 3 aromatic rings. The highest BCUT2D eigenvalue weighted by Crippen LogP contribution is 2.17. The molecule has 3 nitrogen and oxygen atoms in total. The van der Waals surface area contributed by atoms with Crippen LogP contribution in [-0.4, -0.2) is 15.8 Å². The van der Waals surface area contributed by atoms with E-state index in [9.17, 15) is 4.79 Å². The summed E-state index contributed by atoms with van der Waals surface area (Å²) in [7, 11) is 0. The molecule has 0 spiro atoms. The number of hydrogen-bond acceptors (Lipinski definition) is 4. The number of fused-ring (bicyclic) bond motifs is 1. The Kier molecular flexibility index (Phi) is 2.64. The van der Waals surface area contributed by atoms with Crippen LogP contribution in [0.15, 0.2) is 41.9 Å². The molecule has 0 amide bonds. The van der Waals surface area contributed by atoms with Gasteiger partial charge in [-0.05, 0) is 19.1 Å². The van der Waals surface area contributed by atoms with Gasteiger partial charge in [-0.3, -0.25) is 9.78 Å². The van der Waals surface area contributed by atoms with Gasteiger partial charge in [0.05, 0.1) is 10.5 Å². The normalized spacial score (nSPS) is 10.7. The van der Waals surface area contributed by atoms with E-state index in [1.165, 1.54) is 11.3 Å². The van der Waals surface area contributed by atoms with E-state index in [4.69, 9.17) is 0 Å². The van der Waals surface area contributed by atoms with Crippen LogP contribution in [0, 0.1) is 6.92 Å². The van der Waals surface area contributed by atoms with E-state index in [0.717, 1.165) is 15.9 Å². The lowest BCUT2D eigenvalue weighted by Gasteiger charge is -2.00. The lowest BCUT2D eigenvalue weighted by Crippen LogP contribution is -2.01. The molecule has 0 bridgehead atoms. The quantitative estimate of drug-likeness (QED) is 0.659. The summed E-state index contributed by atoms with van der Waals surface area (Å²) in [6.07, 6.45) is 1.73. The summed E-state index contributed by atoms with van der Waals surface area (Å²) in [6, 6.07) is 9.40. The highest BCUT2D eigenvalue weighted by Gasteiger charge is 2.12. The molecule has 18 heavy (non-hydrogen) atoms. The number of hydrogen-bond donors (Lipinski definition) is 0. The van der Waals surface area contributed by atoms with E-state index in [0.29, 0.717) is 11.3 Å². The van der Waals surface area contributed by atoms with Crippen molar-refractivity contribution >= 4 is 28.0 Å². The first-order chi connectivity index (χ1) is 8.74. The molecule has 0 aliphatic heterocycles. The van der Waals surface area contributed by atoms with Crippen molar-refractivity contribution in [2.75, 3.05) is 0 Å². The predicted molar refractivity (Wildman–Crippen MR) is 72.0 cm³/mol. The lowest BCUT2D eigenvalue weighted by molar-refractivity contribution is 0.103. The molecule has 4 heteroatoms. The first kappa shape index (κ1) is 11.0. The van der Waals surface area contributed by atoms with Crippen LogP contribution in [0.5, 0.6) is 0 Å². The van der Waals surface area contributed by atoms with E-state index >= 15 is 0 Å². The van der Waals surface area contributed by atoms with Crippen LogP contribution in [0.25, 0.3) is 10.9 Å². The molecule has 3 rings (SSSR count). The van der Waals surface area contributed by atoms with Crippen molar-refractivity contribution in [3.63, 3.8) is 0 Å².